The molecule has 1 fully saturated rings. The van der Waals surface area contributed by atoms with Crippen molar-refractivity contribution in [2.75, 3.05) is 56.9 Å². The second-order valence-corrected chi connectivity index (χ2v) is 5.66. The number of piperazine rings is 1. The molecule has 2 N–H and O–H groups in total. The number of carbonyl (C=O) groups excluding carboxylic acids is 1. The van der Waals surface area contributed by atoms with E-state index in [0.29, 0.717) is 6.54 Å². The third-order valence-electron chi connectivity index (χ3n) is 3.95. The minimum absolute atomic E-state index is 0.194. The van der Waals surface area contributed by atoms with E-state index in [9.17, 15) is 4.79 Å². The lowest BCUT2D eigenvalue weighted by Crippen LogP contribution is -2.50. The summed E-state index contributed by atoms with van der Waals surface area (Å²) >= 11 is 0. The highest BCUT2D eigenvalue weighted by Gasteiger charge is 2.21. The summed E-state index contributed by atoms with van der Waals surface area (Å²) in [6.45, 7) is 6.91. The average Bonchev–Trinajstić information content (AvgIpc) is 2.48. The number of rotatable bonds is 5. The molecule has 1 aromatic rings. The second kappa shape index (κ2) is 7.31. The first-order valence-electron chi connectivity index (χ1n) is 7.67. The van der Waals surface area contributed by atoms with Crippen molar-refractivity contribution in [3.8, 4) is 0 Å². The summed E-state index contributed by atoms with van der Waals surface area (Å²) in [4.78, 5) is 18.8. The van der Waals surface area contributed by atoms with Crippen LogP contribution in [0.5, 0.6) is 0 Å². The van der Waals surface area contributed by atoms with E-state index in [1.165, 1.54) is 0 Å². The Morgan fingerprint density at radius 3 is 2.52 bits per heavy atom. The molecule has 1 aliphatic heterocycles. The Morgan fingerprint density at radius 2 is 1.90 bits per heavy atom. The molecule has 0 aliphatic carbocycles. The highest BCUT2D eigenvalue weighted by Crippen LogP contribution is 2.22. The lowest BCUT2D eigenvalue weighted by Gasteiger charge is -2.34. The van der Waals surface area contributed by atoms with Crippen LogP contribution in [-0.2, 0) is 4.79 Å². The molecule has 0 radical (unpaired) electrons. The number of nitrogens with two attached hydrogens (primary N) is 1. The fourth-order valence-electron chi connectivity index (χ4n) is 2.65. The van der Waals surface area contributed by atoms with Crippen molar-refractivity contribution >= 4 is 17.3 Å². The van der Waals surface area contributed by atoms with E-state index in [1.54, 1.807) is 0 Å². The Labute approximate surface area is 127 Å². The van der Waals surface area contributed by atoms with Gasteiger partial charge in [-0.05, 0) is 25.6 Å². The van der Waals surface area contributed by atoms with Crippen LogP contribution in [0, 0.1) is 0 Å². The van der Waals surface area contributed by atoms with Gasteiger partial charge in [0.15, 0.2) is 0 Å². The minimum atomic E-state index is 0.194. The number of nitrogen functional groups attached to an aromatic ring is 1. The zero-order valence-electron chi connectivity index (χ0n) is 13.1. The van der Waals surface area contributed by atoms with E-state index in [-0.39, 0.29) is 5.91 Å². The summed E-state index contributed by atoms with van der Waals surface area (Å²) in [6.07, 6.45) is 0.990. The van der Waals surface area contributed by atoms with Gasteiger partial charge >= 0.3 is 0 Å². The molecule has 0 atom stereocenters. The number of likely N-dealkylation sites (N-methyl/N-ethyl adjacent to an activating group) is 1. The summed E-state index contributed by atoms with van der Waals surface area (Å²) in [6, 6.07) is 7.76. The molecular formula is C16H26N4O. The topological polar surface area (TPSA) is 52.8 Å². The zero-order chi connectivity index (χ0) is 15.2. The molecule has 0 saturated carbocycles. The van der Waals surface area contributed by atoms with E-state index in [4.69, 9.17) is 5.73 Å². The summed E-state index contributed by atoms with van der Waals surface area (Å²) in [5.41, 5.74) is 7.74. The van der Waals surface area contributed by atoms with Gasteiger partial charge in [-0.15, -0.1) is 0 Å². The predicted molar refractivity (Wildman–Crippen MR) is 87.4 cm³/mol. The molecule has 0 unspecified atom stereocenters. The lowest BCUT2D eigenvalue weighted by atomic mass is 10.2. The van der Waals surface area contributed by atoms with Gasteiger partial charge in [-0.2, -0.15) is 0 Å². The number of amides is 1. The normalized spacial score (nSPS) is 16.0. The number of benzene rings is 1. The van der Waals surface area contributed by atoms with Gasteiger partial charge < -0.3 is 20.4 Å². The maximum Gasteiger partial charge on any atom is 0.242 e. The molecular weight excluding hydrogens is 264 g/mol. The Hall–Kier alpha value is -1.75. The highest BCUT2D eigenvalue weighted by molar-refractivity contribution is 5.83. The van der Waals surface area contributed by atoms with Gasteiger partial charge in [-0.1, -0.05) is 19.1 Å². The predicted octanol–water partition coefficient (Wildman–Crippen LogP) is 1.26. The minimum Gasteiger partial charge on any atom is -0.397 e. The average molecular weight is 290 g/mol. The van der Waals surface area contributed by atoms with Gasteiger partial charge in [0.1, 0.15) is 0 Å². The van der Waals surface area contributed by atoms with Crippen LogP contribution in [0.15, 0.2) is 24.3 Å². The second-order valence-electron chi connectivity index (χ2n) is 5.66. The fourth-order valence-corrected chi connectivity index (χ4v) is 2.65. The molecule has 21 heavy (non-hydrogen) atoms. The van der Waals surface area contributed by atoms with Crippen LogP contribution in [0.25, 0.3) is 0 Å². The van der Waals surface area contributed by atoms with E-state index in [2.05, 4.69) is 23.8 Å². The Kier molecular flexibility index (Phi) is 5.44. The van der Waals surface area contributed by atoms with E-state index in [1.807, 2.05) is 29.2 Å². The lowest BCUT2D eigenvalue weighted by molar-refractivity contribution is -0.131. The number of hydrogen-bond acceptors (Lipinski definition) is 4. The monoisotopic (exact) mass is 290 g/mol. The molecule has 116 valence electrons. The SMILES string of the molecule is CCCN(CC(=O)N1CCN(C)CC1)c1ccccc1N. The molecule has 0 bridgehead atoms. The van der Waals surface area contributed by atoms with Gasteiger partial charge in [0, 0.05) is 32.7 Å². The van der Waals surface area contributed by atoms with Crippen molar-refractivity contribution in [1.29, 1.82) is 0 Å². The number of hydrogen-bond donors (Lipinski definition) is 1. The molecule has 1 aromatic carbocycles. The van der Waals surface area contributed by atoms with Crippen molar-refractivity contribution < 1.29 is 4.79 Å². The molecule has 1 aliphatic rings. The first-order chi connectivity index (χ1) is 10.1. The van der Waals surface area contributed by atoms with E-state index < -0.39 is 0 Å². The van der Waals surface area contributed by atoms with Crippen molar-refractivity contribution in [3.05, 3.63) is 24.3 Å². The van der Waals surface area contributed by atoms with Crippen molar-refractivity contribution in [2.45, 2.75) is 13.3 Å². The van der Waals surface area contributed by atoms with Gasteiger partial charge in [-0.3, -0.25) is 4.79 Å². The first-order valence-corrected chi connectivity index (χ1v) is 7.67. The maximum atomic E-state index is 12.5. The van der Waals surface area contributed by atoms with Crippen LogP contribution >= 0.6 is 0 Å². The third kappa shape index (κ3) is 4.11. The van der Waals surface area contributed by atoms with Gasteiger partial charge in [-0.25, -0.2) is 0 Å². The van der Waals surface area contributed by atoms with Gasteiger partial charge in [0.05, 0.1) is 17.9 Å². The molecule has 5 heteroatoms. The molecule has 2 rings (SSSR count). The number of anilines is 2. The smallest absolute Gasteiger partial charge is 0.242 e. The van der Waals surface area contributed by atoms with Gasteiger partial charge in [0.25, 0.3) is 0 Å². The summed E-state index contributed by atoms with van der Waals surface area (Å²) in [5.74, 6) is 0.194. The maximum absolute atomic E-state index is 12.5. The fraction of sp³-hybridized carbons (Fsp3) is 0.562. The standard InChI is InChI=1S/C16H26N4O/c1-3-8-20(15-7-5-4-6-14(15)17)13-16(21)19-11-9-18(2)10-12-19/h4-7H,3,8-13,17H2,1-2H3. The molecule has 1 amide bonds. The molecule has 1 heterocycles. The Morgan fingerprint density at radius 1 is 1.24 bits per heavy atom. The van der Waals surface area contributed by atoms with Crippen LogP contribution in [0.4, 0.5) is 11.4 Å². The van der Waals surface area contributed by atoms with Crippen LogP contribution in [-0.4, -0.2) is 62.0 Å². The quantitative estimate of drug-likeness (QED) is 0.830. The van der Waals surface area contributed by atoms with Crippen LogP contribution in [0.3, 0.4) is 0 Å². The van der Waals surface area contributed by atoms with Crippen LogP contribution < -0.4 is 10.6 Å². The van der Waals surface area contributed by atoms with Crippen molar-refractivity contribution in [2.24, 2.45) is 0 Å². The number of para-hydroxylation sites is 2. The third-order valence-corrected chi connectivity index (χ3v) is 3.95. The summed E-state index contributed by atoms with van der Waals surface area (Å²) in [5, 5.41) is 0. The summed E-state index contributed by atoms with van der Waals surface area (Å²) in [7, 11) is 2.09. The van der Waals surface area contributed by atoms with Crippen LogP contribution in [0.2, 0.25) is 0 Å². The van der Waals surface area contributed by atoms with E-state index >= 15 is 0 Å². The number of nitrogens with zero attached hydrogens (tertiary/aromatic N) is 3. The van der Waals surface area contributed by atoms with Crippen molar-refractivity contribution in [1.82, 2.24) is 9.80 Å². The Bertz CT molecular complexity index is 469. The molecule has 5 nitrogen and oxygen atoms in total. The largest absolute Gasteiger partial charge is 0.397 e. The van der Waals surface area contributed by atoms with E-state index in [0.717, 1.165) is 50.5 Å². The highest BCUT2D eigenvalue weighted by atomic mass is 16.2. The summed E-state index contributed by atoms with van der Waals surface area (Å²) < 4.78 is 0. The zero-order valence-corrected chi connectivity index (χ0v) is 13.1. The first kappa shape index (κ1) is 15.6. The molecule has 0 aromatic heterocycles. The number of carbonyl (C=O) groups is 1. The van der Waals surface area contributed by atoms with Gasteiger partial charge in [0.2, 0.25) is 5.91 Å². The molecule has 0 spiro atoms. The van der Waals surface area contributed by atoms with Crippen molar-refractivity contribution in [3.63, 3.8) is 0 Å². The Balaban J connectivity index is 2.03. The van der Waals surface area contributed by atoms with Crippen LogP contribution in [0.1, 0.15) is 13.3 Å². The molecule has 1 saturated heterocycles.